The Morgan fingerprint density at radius 2 is 1.77 bits per heavy atom. The van der Waals surface area contributed by atoms with Crippen LogP contribution in [0.25, 0.3) is 0 Å². The molecular weight excluding hydrogens is 186 g/mol. The minimum absolute atomic E-state index is 0.245. The molecule has 0 spiro atoms. The molecule has 0 radical (unpaired) electrons. The van der Waals surface area contributed by atoms with Crippen molar-refractivity contribution in [3.8, 4) is 6.07 Å². The quantitative estimate of drug-likeness (QED) is 0.594. The molecule has 0 aromatic carbocycles. The van der Waals surface area contributed by atoms with Crippen molar-refractivity contribution in [1.82, 2.24) is 0 Å². The van der Waals surface area contributed by atoms with E-state index in [1.807, 2.05) is 13.0 Å². The molecule has 0 atom stereocenters. The van der Waals surface area contributed by atoms with Gasteiger partial charge in [0.25, 0.3) is 0 Å². The summed E-state index contributed by atoms with van der Waals surface area (Å²) in [5.41, 5.74) is 0. The lowest BCUT2D eigenvalue weighted by atomic mass is 10.3. The molecule has 0 amide bonds. The predicted molar refractivity (Wildman–Crippen MR) is 53.0 cm³/mol. The Balaban J connectivity index is 3.59. The molecule has 0 aliphatic heterocycles. The molecule has 0 rings (SSSR count). The van der Waals surface area contributed by atoms with E-state index in [2.05, 4.69) is 0 Å². The number of rotatable bonds is 7. The van der Waals surface area contributed by atoms with Crippen molar-refractivity contribution in [3.63, 3.8) is 0 Å². The van der Waals surface area contributed by atoms with Crippen LogP contribution < -0.4 is 0 Å². The molecule has 0 aromatic rings. The van der Waals surface area contributed by atoms with Gasteiger partial charge in [-0.25, -0.2) is 8.42 Å². The Bertz CT molecular complexity index is 251. The zero-order chi connectivity index (χ0) is 10.2. The Kier molecular flexibility index (Phi) is 6.61. The van der Waals surface area contributed by atoms with E-state index >= 15 is 0 Å². The van der Waals surface area contributed by atoms with Crippen LogP contribution in [0.5, 0.6) is 0 Å². The van der Waals surface area contributed by atoms with Gasteiger partial charge in [-0.2, -0.15) is 5.26 Å². The number of nitrogens with zero attached hydrogens (tertiary/aromatic N) is 1. The van der Waals surface area contributed by atoms with Crippen molar-refractivity contribution in [3.05, 3.63) is 0 Å². The highest BCUT2D eigenvalue weighted by Gasteiger charge is 2.08. The van der Waals surface area contributed by atoms with Gasteiger partial charge in [0.05, 0.1) is 17.6 Å². The number of nitriles is 1. The van der Waals surface area contributed by atoms with Gasteiger partial charge in [-0.15, -0.1) is 0 Å². The zero-order valence-corrected chi connectivity index (χ0v) is 8.94. The van der Waals surface area contributed by atoms with Gasteiger partial charge >= 0.3 is 0 Å². The molecule has 4 heteroatoms. The van der Waals surface area contributed by atoms with Crippen molar-refractivity contribution < 1.29 is 8.42 Å². The lowest BCUT2D eigenvalue weighted by Crippen LogP contribution is -2.10. The normalized spacial score (nSPS) is 11.1. The Labute approximate surface area is 80.7 Å². The van der Waals surface area contributed by atoms with Crippen LogP contribution in [0.1, 0.15) is 39.0 Å². The van der Waals surface area contributed by atoms with Crippen LogP contribution in [0.3, 0.4) is 0 Å². The second kappa shape index (κ2) is 6.90. The first-order chi connectivity index (χ1) is 6.12. The van der Waals surface area contributed by atoms with E-state index in [0.29, 0.717) is 25.0 Å². The zero-order valence-electron chi connectivity index (χ0n) is 8.12. The third kappa shape index (κ3) is 7.79. The van der Waals surface area contributed by atoms with Gasteiger partial charge in [-0.1, -0.05) is 13.3 Å². The average Bonchev–Trinajstić information content (AvgIpc) is 2.09. The van der Waals surface area contributed by atoms with Gasteiger partial charge in [-0.05, 0) is 19.3 Å². The van der Waals surface area contributed by atoms with Gasteiger partial charge in [0.2, 0.25) is 0 Å². The van der Waals surface area contributed by atoms with Gasteiger partial charge in [0, 0.05) is 6.42 Å². The van der Waals surface area contributed by atoms with Crippen molar-refractivity contribution in [1.29, 1.82) is 5.26 Å². The summed E-state index contributed by atoms with van der Waals surface area (Å²) in [7, 11) is -2.83. The fraction of sp³-hybridized carbons (Fsp3) is 0.889. The fourth-order valence-corrected chi connectivity index (χ4v) is 2.57. The van der Waals surface area contributed by atoms with Gasteiger partial charge in [0.1, 0.15) is 9.84 Å². The molecule has 0 N–H and O–H groups in total. The minimum atomic E-state index is -2.83. The topological polar surface area (TPSA) is 57.9 Å². The Hall–Kier alpha value is -0.560. The van der Waals surface area contributed by atoms with E-state index in [4.69, 9.17) is 5.26 Å². The van der Waals surface area contributed by atoms with Gasteiger partial charge in [-0.3, -0.25) is 0 Å². The molecule has 76 valence electrons. The van der Waals surface area contributed by atoms with Crippen molar-refractivity contribution in [2.75, 3.05) is 11.5 Å². The molecule has 0 fully saturated rings. The Morgan fingerprint density at radius 1 is 1.15 bits per heavy atom. The first-order valence-electron chi connectivity index (χ1n) is 4.69. The van der Waals surface area contributed by atoms with Crippen LogP contribution in [0, 0.1) is 11.3 Å². The standard InChI is InChI=1S/C9H17NO2S/c1-2-3-8-13(11,12)9-6-4-5-7-10/h2-6,8-9H2,1H3. The summed E-state index contributed by atoms with van der Waals surface area (Å²) in [5.74, 6) is 0.546. The Morgan fingerprint density at radius 3 is 2.31 bits per heavy atom. The lowest BCUT2D eigenvalue weighted by molar-refractivity contribution is 0.588. The van der Waals surface area contributed by atoms with Crippen LogP contribution in [0.15, 0.2) is 0 Å². The molecule has 13 heavy (non-hydrogen) atoms. The third-order valence-electron chi connectivity index (χ3n) is 1.80. The van der Waals surface area contributed by atoms with Crippen LogP contribution in [0.2, 0.25) is 0 Å². The molecule has 0 aliphatic rings. The van der Waals surface area contributed by atoms with E-state index in [9.17, 15) is 8.42 Å². The van der Waals surface area contributed by atoms with Crippen molar-refractivity contribution >= 4 is 9.84 Å². The lowest BCUT2D eigenvalue weighted by Gasteiger charge is -2.01. The highest BCUT2D eigenvalue weighted by molar-refractivity contribution is 7.91. The number of hydrogen-bond acceptors (Lipinski definition) is 3. The smallest absolute Gasteiger partial charge is 0.150 e. The van der Waals surface area contributed by atoms with E-state index in [1.165, 1.54) is 0 Å². The van der Waals surface area contributed by atoms with Crippen molar-refractivity contribution in [2.24, 2.45) is 0 Å². The largest absolute Gasteiger partial charge is 0.229 e. The van der Waals surface area contributed by atoms with E-state index in [-0.39, 0.29) is 5.75 Å². The molecule has 0 bridgehead atoms. The maximum atomic E-state index is 11.3. The van der Waals surface area contributed by atoms with Gasteiger partial charge < -0.3 is 0 Å². The molecule has 0 heterocycles. The molecular formula is C9H17NO2S. The molecule has 0 aromatic heterocycles. The number of unbranched alkanes of at least 4 members (excludes halogenated alkanes) is 3. The highest BCUT2D eigenvalue weighted by Crippen LogP contribution is 2.02. The summed E-state index contributed by atoms with van der Waals surface area (Å²) < 4.78 is 22.5. The molecule has 3 nitrogen and oxygen atoms in total. The maximum absolute atomic E-state index is 11.3. The minimum Gasteiger partial charge on any atom is -0.229 e. The maximum Gasteiger partial charge on any atom is 0.150 e. The molecule has 0 unspecified atom stereocenters. The van der Waals surface area contributed by atoms with Crippen LogP contribution in [-0.4, -0.2) is 19.9 Å². The summed E-state index contributed by atoms with van der Waals surface area (Å²) >= 11 is 0. The SMILES string of the molecule is CCCCS(=O)(=O)CCCCC#N. The van der Waals surface area contributed by atoms with Crippen LogP contribution >= 0.6 is 0 Å². The van der Waals surface area contributed by atoms with E-state index < -0.39 is 9.84 Å². The second-order valence-electron chi connectivity index (χ2n) is 3.12. The van der Waals surface area contributed by atoms with Gasteiger partial charge in [0.15, 0.2) is 0 Å². The molecule has 0 saturated heterocycles. The first-order valence-corrected chi connectivity index (χ1v) is 6.52. The fourth-order valence-electron chi connectivity index (χ4n) is 0.992. The summed E-state index contributed by atoms with van der Waals surface area (Å²) in [6.07, 6.45) is 3.45. The van der Waals surface area contributed by atoms with Crippen molar-refractivity contribution in [2.45, 2.75) is 39.0 Å². The summed E-state index contributed by atoms with van der Waals surface area (Å²) in [4.78, 5) is 0. The monoisotopic (exact) mass is 203 g/mol. The van der Waals surface area contributed by atoms with Crippen LogP contribution in [0.4, 0.5) is 0 Å². The second-order valence-corrected chi connectivity index (χ2v) is 5.42. The van der Waals surface area contributed by atoms with E-state index in [0.717, 1.165) is 12.8 Å². The van der Waals surface area contributed by atoms with E-state index in [1.54, 1.807) is 0 Å². The predicted octanol–water partition coefficient (Wildman–Crippen LogP) is 1.90. The highest BCUT2D eigenvalue weighted by atomic mass is 32.2. The third-order valence-corrected chi connectivity index (χ3v) is 3.62. The average molecular weight is 203 g/mol. The summed E-state index contributed by atoms with van der Waals surface area (Å²) in [6.45, 7) is 1.98. The first kappa shape index (κ1) is 12.4. The molecule has 0 saturated carbocycles. The number of hydrogen-bond donors (Lipinski definition) is 0. The summed E-state index contributed by atoms with van der Waals surface area (Å²) in [6, 6.07) is 2.00. The molecule has 0 aliphatic carbocycles. The van der Waals surface area contributed by atoms with Crippen LogP contribution in [-0.2, 0) is 9.84 Å². The number of sulfone groups is 1. The summed E-state index contributed by atoms with van der Waals surface area (Å²) in [5, 5.41) is 8.24.